The maximum atomic E-state index is 12.6. The minimum Gasteiger partial charge on any atom is -0.481 e. The molecule has 5 heteroatoms. The van der Waals surface area contributed by atoms with E-state index in [0.717, 1.165) is 25.7 Å². The van der Waals surface area contributed by atoms with Crippen molar-refractivity contribution in [3.05, 3.63) is 0 Å². The van der Waals surface area contributed by atoms with Crippen molar-refractivity contribution in [2.75, 3.05) is 20.1 Å². The van der Waals surface area contributed by atoms with Gasteiger partial charge in [-0.25, -0.2) is 4.79 Å². The molecule has 0 aromatic heterocycles. The fourth-order valence-electron chi connectivity index (χ4n) is 2.90. The number of nitrogens with zero attached hydrogens (tertiary/aromatic N) is 2. The summed E-state index contributed by atoms with van der Waals surface area (Å²) < 4.78 is 0. The quantitative estimate of drug-likeness (QED) is 0.848. The predicted molar refractivity (Wildman–Crippen MR) is 83.2 cm³/mol. The van der Waals surface area contributed by atoms with Crippen LogP contribution >= 0.6 is 0 Å². The Hall–Kier alpha value is -1.26. The van der Waals surface area contributed by atoms with E-state index in [-0.39, 0.29) is 18.6 Å². The number of carboxylic acid groups (broad SMARTS) is 1. The molecule has 1 unspecified atom stereocenters. The van der Waals surface area contributed by atoms with Crippen LogP contribution in [0.4, 0.5) is 4.79 Å². The van der Waals surface area contributed by atoms with Crippen LogP contribution in [-0.4, -0.2) is 53.1 Å². The van der Waals surface area contributed by atoms with E-state index in [4.69, 9.17) is 5.11 Å². The van der Waals surface area contributed by atoms with Crippen molar-refractivity contribution < 1.29 is 14.7 Å². The summed E-state index contributed by atoms with van der Waals surface area (Å²) >= 11 is 0. The van der Waals surface area contributed by atoms with Crippen LogP contribution in [0.3, 0.4) is 0 Å². The number of hydrogen-bond acceptors (Lipinski definition) is 2. The highest BCUT2D eigenvalue weighted by Gasteiger charge is 2.32. The molecular formula is C16H30N2O3. The highest BCUT2D eigenvalue weighted by Crippen LogP contribution is 2.36. The van der Waals surface area contributed by atoms with Gasteiger partial charge in [0.05, 0.1) is 5.92 Å². The molecule has 21 heavy (non-hydrogen) atoms. The third-order valence-electron chi connectivity index (χ3n) is 4.73. The summed E-state index contributed by atoms with van der Waals surface area (Å²) in [4.78, 5) is 27.0. The lowest BCUT2D eigenvalue weighted by molar-refractivity contribution is -0.141. The lowest BCUT2D eigenvalue weighted by atomic mass is 9.75. The van der Waals surface area contributed by atoms with Gasteiger partial charge in [0.15, 0.2) is 0 Å². The first-order valence-corrected chi connectivity index (χ1v) is 7.92. The van der Waals surface area contributed by atoms with Crippen molar-refractivity contribution in [3.8, 4) is 0 Å². The molecule has 0 saturated heterocycles. The molecule has 0 heterocycles. The molecule has 5 nitrogen and oxygen atoms in total. The molecule has 1 aliphatic carbocycles. The van der Waals surface area contributed by atoms with Crippen LogP contribution in [0.1, 0.15) is 53.4 Å². The summed E-state index contributed by atoms with van der Waals surface area (Å²) in [6, 6.07) is 0.231. The minimum absolute atomic E-state index is 0.0460. The number of carbonyl (C=O) groups excluding carboxylic acids is 1. The Morgan fingerprint density at radius 3 is 2.24 bits per heavy atom. The van der Waals surface area contributed by atoms with Gasteiger partial charge in [-0.1, -0.05) is 20.8 Å². The molecule has 1 rings (SSSR count). The van der Waals surface area contributed by atoms with Crippen LogP contribution < -0.4 is 0 Å². The average Bonchev–Trinajstić information content (AvgIpc) is 2.42. The number of urea groups is 1. The maximum Gasteiger partial charge on any atom is 0.320 e. The number of rotatable bonds is 5. The van der Waals surface area contributed by atoms with Crippen molar-refractivity contribution in [1.29, 1.82) is 0 Å². The Labute approximate surface area is 128 Å². The zero-order valence-corrected chi connectivity index (χ0v) is 14.1. The van der Waals surface area contributed by atoms with Gasteiger partial charge in [-0.3, -0.25) is 4.79 Å². The molecule has 1 fully saturated rings. The number of aliphatic carboxylic acids is 1. The summed E-state index contributed by atoms with van der Waals surface area (Å²) in [5, 5.41) is 9.00. The van der Waals surface area contributed by atoms with Gasteiger partial charge in [0.2, 0.25) is 0 Å². The molecule has 0 aromatic carbocycles. The Bertz CT molecular complexity index is 372. The molecule has 2 amide bonds. The number of carbonyl (C=O) groups is 2. The zero-order chi connectivity index (χ0) is 16.2. The van der Waals surface area contributed by atoms with Crippen molar-refractivity contribution in [2.24, 2.45) is 11.3 Å². The Morgan fingerprint density at radius 1 is 1.29 bits per heavy atom. The molecule has 0 spiro atoms. The van der Waals surface area contributed by atoms with Gasteiger partial charge in [-0.15, -0.1) is 0 Å². The second-order valence-corrected chi connectivity index (χ2v) is 7.07. The van der Waals surface area contributed by atoms with E-state index < -0.39 is 11.9 Å². The number of amides is 2. The second-order valence-electron chi connectivity index (χ2n) is 7.07. The molecule has 1 aliphatic rings. The zero-order valence-electron chi connectivity index (χ0n) is 14.1. The fourth-order valence-corrected chi connectivity index (χ4v) is 2.90. The highest BCUT2D eigenvalue weighted by molar-refractivity contribution is 5.76. The Balaban J connectivity index is 2.61. The van der Waals surface area contributed by atoms with Crippen LogP contribution in [-0.2, 0) is 4.79 Å². The normalized spacial score (nSPS) is 19.9. The topological polar surface area (TPSA) is 60.9 Å². The molecule has 1 atom stereocenters. The van der Waals surface area contributed by atoms with Crippen LogP contribution in [0.25, 0.3) is 0 Å². The van der Waals surface area contributed by atoms with Gasteiger partial charge in [0, 0.05) is 26.2 Å². The van der Waals surface area contributed by atoms with Gasteiger partial charge in [0.25, 0.3) is 0 Å². The molecule has 122 valence electrons. The summed E-state index contributed by atoms with van der Waals surface area (Å²) in [5.41, 5.74) is 0.378. The first kappa shape index (κ1) is 17.8. The SMILES string of the molecule is CCN(CC(C)C(=O)O)C(=O)N(C)C1CCC(C)(C)CC1. The number of carboxylic acids is 1. The smallest absolute Gasteiger partial charge is 0.320 e. The van der Waals surface area contributed by atoms with Gasteiger partial charge >= 0.3 is 12.0 Å². The molecule has 0 radical (unpaired) electrons. The minimum atomic E-state index is -0.858. The van der Waals surface area contributed by atoms with Gasteiger partial charge in [0.1, 0.15) is 0 Å². The van der Waals surface area contributed by atoms with Crippen molar-refractivity contribution >= 4 is 12.0 Å². The maximum absolute atomic E-state index is 12.6. The molecule has 0 aromatic rings. The van der Waals surface area contributed by atoms with Crippen LogP contribution in [0, 0.1) is 11.3 Å². The van der Waals surface area contributed by atoms with Crippen molar-refractivity contribution in [3.63, 3.8) is 0 Å². The predicted octanol–water partition coefficient (Wildman–Crippen LogP) is 3.05. The highest BCUT2D eigenvalue weighted by atomic mass is 16.4. The summed E-state index contributed by atoms with van der Waals surface area (Å²) in [6.07, 6.45) is 4.32. The molecule has 0 bridgehead atoms. The molecule has 0 aliphatic heterocycles. The molecule has 1 saturated carbocycles. The van der Waals surface area contributed by atoms with Crippen molar-refractivity contribution in [1.82, 2.24) is 9.80 Å². The third-order valence-corrected chi connectivity index (χ3v) is 4.73. The van der Waals surface area contributed by atoms with Gasteiger partial charge < -0.3 is 14.9 Å². The second kappa shape index (κ2) is 7.14. The van der Waals surface area contributed by atoms with Gasteiger partial charge in [-0.2, -0.15) is 0 Å². The van der Waals surface area contributed by atoms with Crippen LogP contribution in [0.15, 0.2) is 0 Å². The van der Waals surface area contributed by atoms with E-state index in [1.54, 1.807) is 11.8 Å². The third kappa shape index (κ3) is 4.90. The molecular weight excluding hydrogens is 268 g/mol. The molecule has 1 N–H and O–H groups in total. The average molecular weight is 298 g/mol. The lowest BCUT2D eigenvalue weighted by Gasteiger charge is -2.40. The standard InChI is InChI=1S/C16H30N2O3/c1-6-18(11-12(2)14(19)20)15(21)17(5)13-7-9-16(3,4)10-8-13/h12-13H,6-11H2,1-5H3,(H,19,20). The van der Waals surface area contributed by atoms with Gasteiger partial charge in [-0.05, 0) is 38.0 Å². The number of hydrogen-bond donors (Lipinski definition) is 1. The van der Waals surface area contributed by atoms with Crippen LogP contribution in [0.2, 0.25) is 0 Å². The summed E-state index contributed by atoms with van der Waals surface area (Å²) in [5.74, 6) is -1.39. The van der Waals surface area contributed by atoms with E-state index >= 15 is 0 Å². The van der Waals surface area contributed by atoms with E-state index in [9.17, 15) is 9.59 Å². The van der Waals surface area contributed by atoms with Crippen molar-refractivity contribution in [2.45, 2.75) is 59.4 Å². The lowest BCUT2D eigenvalue weighted by Crippen LogP contribution is -2.49. The first-order chi connectivity index (χ1) is 9.68. The largest absolute Gasteiger partial charge is 0.481 e. The first-order valence-electron chi connectivity index (χ1n) is 7.92. The Kier molecular flexibility index (Phi) is 6.05. The monoisotopic (exact) mass is 298 g/mol. The van der Waals surface area contributed by atoms with E-state index in [0.29, 0.717) is 12.0 Å². The summed E-state index contributed by atoms with van der Waals surface area (Å²) in [6.45, 7) is 8.90. The van der Waals surface area contributed by atoms with E-state index in [2.05, 4.69) is 13.8 Å². The fraction of sp³-hybridized carbons (Fsp3) is 0.875. The van der Waals surface area contributed by atoms with E-state index in [1.165, 1.54) is 0 Å². The summed E-state index contributed by atoms with van der Waals surface area (Å²) in [7, 11) is 1.85. The van der Waals surface area contributed by atoms with Crippen LogP contribution in [0.5, 0.6) is 0 Å². The van der Waals surface area contributed by atoms with E-state index in [1.807, 2.05) is 18.9 Å². The Morgan fingerprint density at radius 2 is 1.81 bits per heavy atom.